The lowest BCUT2D eigenvalue weighted by atomic mass is 9.98. The van der Waals surface area contributed by atoms with Gasteiger partial charge in [0, 0.05) is 24.9 Å². The molecular formula is C21H21N5O2. The maximum absolute atomic E-state index is 12.5. The third-order valence-corrected chi connectivity index (χ3v) is 4.69. The molecule has 1 aliphatic rings. The van der Waals surface area contributed by atoms with E-state index in [0.29, 0.717) is 23.9 Å². The summed E-state index contributed by atoms with van der Waals surface area (Å²) in [5, 5.41) is 3.25. The van der Waals surface area contributed by atoms with Gasteiger partial charge in [-0.3, -0.25) is 4.79 Å². The number of carbonyl (C=O) groups is 1. The summed E-state index contributed by atoms with van der Waals surface area (Å²) < 4.78 is 5.23. The van der Waals surface area contributed by atoms with Gasteiger partial charge in [0.05, 0.1) is 18.0 Å². The molecule has 0 saturated carbocycles. The minimum absolute atomic E-state index is 0.0548. The van der Waals surface area contributed by atoms with Crippen LogP contribution >= 0.6 is 0 Å². The summed E-state index contributed by atoms with van der Waals surface area (Å²) in [5.41, 5.74) is 1.86. The average Bonchev–Trinajstić information content (AvgIpc) is 3.14. The highest BCUT2D eigenvalue weighted by Crippen LogP contribution is 2.33. The smallest absolute Gasteiger partial charge is 0.247 e. The van der Waals surface area contributed by atoms with Crippen molar-refractivity contribution in [1.82, 2.24) is 19.9 Å². The van der Waals surface area contributed by atoms with Crippen molar-refractivity contribution in [3.63, 3.8) is 0 Å². The van der Waals surface area contributed by atoms with Gasteiger partial charge < -0.3 is 14.6 Å². The Hall–Kier alpha value is -3.48. The number of nitrogens with one attached hydrogen (secondary N) is 1. The first kappa shape index (κ1) is 17.9. The first-order chi connectivity index (χ1) is 13.6. The Morgan fingerprint density at radius 2 is 2.18 bits per heavy atom. The number of furan rings is 1. The molecule has 1 fully saturated rings. The monoisotopic (exact) mass is 375 g/mol. The van der Waals surface area contributed by atoms with Crippen LogP contribution in [0.1, 0.15) is 35.3 Å². The fourth-order valence-corrected chi connectivity index (χ4v) is 3.16. The first-order valence-electron chi connectivity index (χ1n) is 9.16. The molecule has 1 amide bonds. The number of likely N-dealkylation sites (tertiary alicyclic amines) is 1. The molecule has 1 saturated heterocycles. The molecule has 4 heterocycles. The van der Waals surface area contributed by atoms with Gasteiger partial charge in [-0.25, -0.2) is 15.0 Å². The highest BCUT2D eigenvalue weighted by atomic mass is 16.3. The van der Waals surface area contributed by atoms with Crippen LogP contribution in [0, 0.1) is 13.8 Å². The molecule has 7 nitrogen and oxygen atoms in total. The van der Waals surface area contributed by atoms with E-state index in [2.05, 4.69) is 20.3 Å². The van der Waals surface area contributed by atoms with Gasteiger partial charge in [-0.15, -0.1) is 0 Å². The van der Waals surface area contributed by atoms with Crippen LogP contribution in [0.5, 0.6) is 0 Å². The van der Waals surface area contributed by atoms with Crippen LogP contribution in [0.4, 0.5) is 11.6 Å². The molecule has 0 unspecified atom stereocenters. The molecule has 3 aromatic rings. The number of amides is 1. The summed E-state index contributed by atoms with van der Waals surface area (Å²) in [5.74, 6) is 2.68. The van der Waals surface area contributed by atoms with Crippen LogP contribution < -0.4 is 5.32 Å². The lowest BCUT2D eigenvalue weighted by molar-refractivity contribution is -0.133. The van der Waals surface area contributed by atoms with Gasteiger partial charge in [0.15, 0.2) is 0 Å². The van der Waals surface area contributed by atoms with Crippen LogP contribution in [0.15, 0.2) is 53.3 Å². The number of anilines is 2. The number of hydrogen-bond donors (Lipinski definition) is 1. The summed E-state index contributed by atoms with van der Waals surface area (Å²) >= 11 is 0. The zero-order chi connectivity index (χ0) is 19.5. The summed E-state index contributed by atoms with van der Waals surface area (Å²) in [4.78, 5) is 27.7. The Bertz CT molecular complexity index is 1010. The predicted octanol–water partition coefficient (Wildman–Crippen LogP) is 3.81. The lowest BCUT2D eigenvalue weighted by Gasteiger charge is -2.40. The quantitative estimate of drug-likeness (QED) is 0.683. The molecule has 0 bridgehead atoms. The molecule has 3 aromatic heterocycles. The van der Waals surface area contributed by atoms with Crippen molar-refractivity contribution in [2.24, 2.45) is 0 Å². The topological polar surface area (TPSA) is 84.2 Å². The molecule has 1 N–H and O–H groups in total. The first-order valence-corrected chi connectivity index (χ1v) is 9.16. The molecule has 0 aliphatic carbocycles. The minimum Gasteiger partial charge on any atom is -0.465 e. The number of nitrogens with zero attached hydrogens (tertiary/aromatic N) is 4. The molecule has 4 rings (SSSR count). The van der Waals surface area contributed by atoms with Crippen LogP contribution in [0.25, 0.3) is 6.08 Å². The molecule has 142 valence electrons. The van der Waals surface area contributed by atoms with E-state index in [9.17, 15) is 4.79 Å². The third kappa shape index (κ3) is 3.78. The van der Waals surface area contributed by atoms with E-state index < -0.39 is 0 Å². The second-order valence-electron chi connectivity index (χ2n) is 6.70. The van der Waals surface area contributed by atoms with Gasteiger partial charge in [-0.2, -0.15) is 0 Å². The third-order valence-electron chi connectivity index (χ3n) is 4.69. The van der Waals surface area contributed by atoms with Crippen LogP contribution in [-0.4, -0.2) is 32.3 Å². The largest absolute Gasteiger partial charge is 0.465 e. The molecule has 0 aromatic carbocycles. The molecule has 28 heavy (non-hydrogen) atoms. The predicted molar refractivity (Wildman–Crippen MR) is 106 cm³/mol. The summed E-state index contributed by atoms with van der Waals surface area (Å²) in [7, 11) is 0. The fraction of sp³-hybridized carbons (Fsp3) is 0.238. The van der Waals surface area contributed by atoms with Crippen LogP contribution in [-0.2, 0) is 4.79 Å². The summed E-state index contributed by atoms with van der Waals surface area (Å²) in [6.45, 7) is 4.54. The second-order valence-corrected chi connectivity index (χ2v) is 6.70. The number of aryl methyl sites for hydroxylation is 2. The molecular weight excluding hydrogens is 354 g/mol. The SMILES string of the molecule is Cc1nc(Nc2ncccc2C)cc([C@@H]2CCN2C(=O)/C=C/c2ccco2)n1. The average molecular weight is 375 g/mol. The van der Waals surface area contributed by atoms with E-state index >= 15 is 0 Å². The van der Waals surface area contributed by atoms with Crippen LogP contribution in [0.3, 0.4) is 0 Å². The van der Waals surface area contributed by atoms with Crippen molar-refractivity contribution >= 4 is 23.6 Å². The number of rotatable bonds is 5. The van der Waals surface area contributed by atoms with Gasteiger partial charge in [0.2, 0.25) is 5.91 Å². The van der Waals surface area contributed by atoms with Crippen molar-refractivity contribution in [1.29, 1.82) is 0 Å². The fourth-order valence-electron chi connectivity index (χ4n) is 3.16. The van der Waals surface area contributed by atoms with Crippen molar-refractivity contribution in [2.75, 3.05) is 11.9 Å². The lowest BCUT2D eigenvalue weighted by Crippen LogP contribution is -2.44. The van der Waals surface area contributed by atoms with E-state index in [1.165, 1.54) is 6.08 Å². The highest BCUT2D eigenvalue weighted by Gasteiger charge is 2.33. The van der Waals surface area contributed by atoms with Crippen LogP contribution in [0.2, 0.25) is 0 Å². The van der Waals surface area contributed by atoms with Crippen molar-refractivity contribution in [2.45, 2.75) is 26.3 Å². The highest BCUT2D eigenvalue weighted by molar-refractivity contribution is 5.92. The molecule has 1 atom stereocenters. The number of hydrogen-bond acceptors (Lipinski definition) is 6. The van der Waals surface area contributed by atoms with Crippen molar-refractivity contribution in [3.8, 4) is 0 Å². The van der Waals surface area contributed by atoms with Gasteiger partial charge in [-0.05, 0) is 50.1 Å². The van der Waals surface area contributed by atoms with Crippen molar-refractivity contribution < 1.29 is 9.21 Å². The molecule has 0 radical (unpaired) electrons. The Kier molecular flexibility index (Phi) is 4.89. The van der Waals surface area contributed by atoms with E-state index in [1.54, 1.807) is 29.5 Å². The van der Waals surface area contributed by atoms with Gasteiger partial charge in [-0.1, -0.05) is 6.07 Å². The Morgan fingerprint density at radius 3 is 2.89 bits per heavy atom. The second kappa shape index (κ2) is 7.64. The molecule has 0 spiro atoms. The normalized spacial score (nSPS) is 16.2. The van der Waals surface area contributed by atoms with E-state index in [0.717, 1.165) is 23.5 Å². The van der Waals surface area contributed by atoms with E-state index in [4.69, 9.17) is 4.42 Å². The maximum atomic E-state index is 12.5. The van der Waals surface area contributed by atoms with Crippen molar-refractivity contribution in [3.05, 3.63) is 71.7 Å². The summed E-state index contributed by atoms with van der Waals surface area (Å²) in [6.07, 6.45) is 7.41. The zero-order valence-corrected chi connectivity index (χ0v) is 15.8. The van der Waals surface area contributed by atoms with Gasteiger partial charge in [0.25, 0.3) is 0 Å². The number of aromatic nitrogens is 3. The Morgan fingerprint density at radius 1 is 1.29 bits per heavy atom. The van der Waals surface area contributed by atoms with Gasteiger partial charge >= 0.3 is 0 Å². The Labute approximate surface area is 163 Å². The standard InChI is InChI=1S/C21H21N5O2/c1-14-5-3-10-22-21(14)25-19-13-17(23-15(2)24-19)18-9-11-26(18)20(27)8-7-16-6-4-12-28-16/h3-8,10,12-13,18H,9,11H2,1-2H3,(H,22,23,24,25)/b8-7+/t18-/m0/s1. The minimum atomic E-state index is -0.0565. The molecule has 7 heteroatoms. The maximum Gasteiger partial charge on any atom is 0.247 e. The number of carbonyl (C=O) groups excluding carboxylic acids is 1. The molecule has 1 aliphatic heterocycles. The van der Waals surface area contributed by atoms with Gasteiger partial charge in [0.1, 0.15) is 23.2 Å². The summed E-state index contributed by atoms with van der Waals surface area (Å²) in [6, 6.07) is 9.32. The van der Waals surface area contributed by atoms with E-state index in [1.807, 2.05) is 38.1 Å². The van der Waals surface area contributed by atoms with E-state index in [-0.39, 0.29) is 11.9 Å². The number of pyridine rings is 1. The Balaban J connectivity index is 1.51. The zero-order valence-electron chi connectivity index (χ0n) is 15.8.